The highest BCUT2D eigenvalue weighted by atomic mass is 35.5. The highest BCUT2D eigenvalue weighted by molar-refractivity contribution is 6.31. The maximum Gasteiger partial charge on any atom is 0.322 e. The maximum absolute atomic E-state index is 12.3. The number of nitrogens with one attached hydrogen (secondary N) is 1. The fourth-order valence-corrected chi connectivity index (χ4v) is 2.01. The molecule has 2 amide bonds. The third kappa shape index (κ3) is 4.85. The second-order valence-corrected chi connectivity index (χ2v) is 5.44. The van der Waals surface area contributed by atoms with Gasteiger partial charge in [0, 0.05) is 19.0 Å². The Bertz CT molecular complexity index is 674. The van der Waals surface area contributed by atoms with Crippen LogP contribution in [-0.2, 0) is 6.54 Å². The molecule has 0 aliphatic heterocycles. The number of hydrogen-bond donors (Lipinski definition) is 1. The maximum atomic E-state index is 12.3. The molecule has 124 valence electrons. The molecule has 0 unspecified atom stereocenters. The number of ether oxygens (including phenoxy) is 1. The van der Waals surface area contributed by atoms with Crippen LogP contribution in [0, 0.1) is 6.92 Å². The number of carbonyl (C=O) groups excluding carboxylic acids is 1. The quantitative estimate of drug-likeness (QED) is 0.872. The Morgan fingerprint density at radius 2 is 2.26 bits per heavy atom. The first-order chi connectivity index (χ1) is 11.0. The number of amides is 2. The number of aromatic nitrogens is 2. The zero-order valence-corrected chi connectivity index (χ0v) is 14.1. The molecular weight excluding hydrogens is 320 g/mol. The first-order valence-electron chi connectivity index (χ1n) is 7.23. The summed E-state index contributed by atoms with van der Waals surface area (Å²) in [5.41, 5.74) is 0.520. The van der Waals surface area contributed by atoms with E-state index in [2.05, 4.69) is 15.5 Å². The van der Waals surface area contributed by atoms with Crippen LogP contribution >= 0.6 is 11.6 Å². The van der Waals surface area contributed by atoms with E-state index in [1.165, 1.54) is 4.90 Å². The van der Waals surface area contributed by atoms with Crippen LogP contribution in [0.2, 0.25) is 5.02 Å². The van der Waals surface area contributed by atoms with Crippen LogP contribution in [0.5, 0.6) is 5.75 Å². The lowest BCUT2D eigenvalue weighted by molar-refractivity contribution is 0.218. The van der Waals surface area contributed by atoms with Gasteiger partial charge in [0.15, 0.2) is 5.82 Å². The lowest BCUT2D eigenvalue weighted by atomic mass is 10.3. The second kappa shape index (κ2) is 7.82. The second-order valence-electron chi connectivity index (χ2n) is 5.00. The number of urea groups is 1. The van der Waals surface area contributed by atoms with Gasteiger partial charge in [0.25, 0.3) is 0 Å². The SMILES string of the molecule is CCCOc1ccc(Cl)cc1NC(=O)N(C)Cc1noc(C)n1. The monoisotopic (exact) mass is 338 g/mol. The van der Waals surface area contributed by atoms with Gasteiger partial charge in [-0.2, -0.15) is 4.98 Å². The zero-order valence-electron chi connectivity index (χ0n) is 13.3. The standard InChI is InChI=1S/C15H19ClN4O3/c1-4-7-22-13-6-5-11(16)8-12(13)18-15(21)20(3)9-14-17-10(2)23-19-14/h5-6,8H,4,7,9H2,1-3H3,(H,18,21). The van der Waals surface area contributed by atoms with Crippen molar-refractivity contribution in [3.8, 4) is 5.75 Å². The zero-order chi connectivity index (χ0) is 16.8. The lowest BCUT2D eigenvalue weighted by Gasteiger charge is -2.18. The van der Waals surface area contributed by atoms with E-state index in [1.54, 1.807) is 32.2 Å². The Morgan fingerprint density at radius 1 is 1.48 bits per heavy atom. The molecule has 0 saturated carbocycles. The van der Waals surface area contributed by atoms with Crippen molar-refractivity contribution >= 4 is 23.3 Å². The normalized spacial score (nSPS) is 10.4. The van der Waals surface area contributed by atoms with Gasteiger partial charge in [0.05, 0.1) is 18.8 Å². The van der Waals surface area contributed by atoms with E-state index in [4.69, 9.17) is 20.9 Å². The first kappa shape index (κ1) is 17.1. The average Bonchev–Trinajstić information content (AvgIpc) is 2.91. The predicted molar refractivity (Wildman–Crippen MR) is 86.8 cm³/mol. The molecule has 1 heterocycles. The Hall–Kier alpha value is -2.28. The number of carbonyl (C=O) groups is 1. The molecule has 1 aromatic heterocycles. The summed E-state index contributed by atoms with van der Waals surface area (Å²) in [6.45, 7) is 4.49. The van der Waals surface area contributed by atoms with Crippen LogP contribution in [0.3, 0.4) is 0 Å². The number of halogens is 1. The van der Waals surface area contributed by atoms with Crippen molar-refractivity contribution in [2.24, 2.45) is 0 Å². The molecule has 0 spiro atoms. The molecule has 0 atom stereocenters. The molecule has 8 heteroatoms. The van der Waals surface area contributed by atoms with E-state index in [-0.39, 0.29) is 12.6 Å². The molecule has 0 aliphatic rings. The minimum Gasteiger partial charge on any atom is -0.491 e. The molecule has 23 heavy (non-hydrogen) atoms. The van der Waals surface area contributed by atoms with Gasteiger partial charge in [0.1, 0.15) is 5.75 Å². The molecule has 0 fully saturated rings. The molecule has 1 aromatic carbocycles. The largest absolute Gasteiger partial charge is 0.491 e. The summed E-state index contributed by atoms with van der Waals surface area (Å²) in [5.74, 6) is 1.47. The Balaban J connectivity index is 2.04. The molecule has 7 nitrogen and oxygen atoms in total. The molecule has 1 N–H and O–H groups in total. The van der Waals surface area contributed by atoms with Gasteiger partial charge in [-0.05, 0) is 24.6 Å². The van der Waals surface area contributed by atoms with Crippen LogP contribution < -0.4 is 10.1 Å². The van der Waals surface area contributed by atoms with Gasteiger partial charge >= 0.3 is 6.03 Å². The van der Waals surface area contributed by atoms with Crippen molar-refractivity contribution in [2.45, 2.75) is 26.8 Å². The van der Waals surface area contributed by atoms with E-state index in [1.807, 2.05) is 6.92 Å². The summed E-state index contributed by atoms with van der Waals surface area (Å²) in [7, 11) is 1.64. The van der Waals surface area contributed by atoms with Crippen molar-refractivity contribution in [1.29, 1.82) is 0 Å². The van der Waals surface area contributed by atoms with Crippen LogP contribution in [-0.4, -0.2) is 34.7 Å². The summed E-state index contributed by atoms with van der Waals surface area (Å²) < 4.78 is 10.5. The summed E-state index contributed by atoms with van der Waals surface area (Å²) in [4.78, 5) is 17.8. The van der Waals surface area contributed by atoms with E-state index in [9.17, 15) is 4.79 Å². The van der Waals surface area contributed by atoms with Gasteiger partial charge in [-0.15, -0.1) is 0 Å². The van der Waals surface area contributed by atoms with Crippen molar-refractivity contribution in [3.05, 3.63) is 34.9 Å². The van der Waals surface area contributed by atoms with Gasteiger partial charge in [0.2, 0.25) is 5.89 Å². The minimum atomic E-state index is -0.323. The number of rotatable bonds is 6. The lowest BCUT2D eigenvalue weighted by Crippen LogP contribution is -2.31. The van der Waals surface area contributed by atoms with E-state index >= 15 is 0 Å². The summed E-state index contributed by atoms with van der Waals surface area (Å²) >= 11 is 5.99. The highest BCUT2D eigenvalue weighted by Gasteiger charge is 2.15. The van der Waals surface area contributed by atoms with E-state index < -0.39 is 0 Å². The van der Waals surface area contributed by atoms with Crippen molar-refractivity contribution in [3.63, 3.8) is 0 Å². The van der Waals surface area contributed by atoms with E-state index in [0.717, 1.165) is 6.42 Å². The van der Waals surface area contributed by atoms with Crippen molar-refractivity contribution in [2.75, 3.05) is 19.0 Å². The topological polar surface area (TPSA) is 80.5 Å². The number of hydrogen-bond acceptors (Lipinski definition) is 5. The van der Waals surface area contributed by atoms with Gasteiger partial charge < -0.3 is 19.5 Å². The smallest absolute Gasteiger partial charge is 0.322 e. The molecule has 0 bridgehead atoms. The first-order valence-corrected chi connectivity index (χ1v) is 7.61. The number of anilines is 1. The van der Waals surface area contributed by atoms with E-state index in [0.29, 0.717) is 34.8 Å². The number of benzene rings is 1. The van der Waals surface area contributed by atoms with Crippen molar-refractivity contribution in [1.82, 2.24) is 15.0 Å². The van der Waals surface area contributed by atoms with Crippen molar-refractivity contribution < 1.29 is 14.1 Å². The Labute approximate surface area is 139 Å². The fraction of sp³-hybridized carbons (Fsp3) is 0.400. The Kier molecular flexibility index (Phi) is 5.81. The number of nitrogens with zero attached hydrogens (tertiary/aromatic N) is 3. The van der Waals surface area contributed by atoms with Gasteiger partial charge in [-0.1, -0.05) is 23.7 Å². The summed E-state index contributed by atoms with van der Waals surface area (Å²) in [6, 6.07) is 4.78. The number of aryl methyl sites for hydroxylation is 1. The van der Waals surface area contributed by atoms with Crippen LogP contribution in [0.15, 0.2) is 22.7 Å². The van der Waals surface area contributed by atoms with Gasteiger partial charge in [-0.25, -0.2) is 4.79 Å². The van der Waals surface area contributed by atoms with Crippen LogP contribution in [0.4, 0.5) is 10.5 Å². The van der Waals surface area contributed by atoms with Gasteiger partial charge in [-0.3, -0.25) is 0 Å². The van der Waals surface area contributed by atoms with Crippen LogP contribution in [0.25, 0.3) is 0 Å². The predicted octanol–water partition coefficient (Wildman–Crippen LogP) is 3.48. The molecule has 2 rings (SSSR count). The summed E-state index contributed by atoms with van der Waals surface area (Å²) in [5, 5.41) is 7.06. The van der Waals surface area contributed by atoms with Crippen LogP contribution in [0.1, 0.15) is 25.1 Å². The third-order valence-corrected chi connectivity index (χ3v) is 3.17. The average molecular weight is 339 g/mol. The molecule has 0 saturated heterocycles. The molecule has 0 radical (unpaired) electrons. The summed E-state index contributed by atoms with van der Waals surface area (Å²) in [6.07, 6.45) is 0.868. The highest BCUT2D eigenvalue weighted by Crippen LogP contribution is 2.28. The third-order valence-electron chi connectivity index (χ3n) is 2.94. The molecule has 0 aliphatic carbocycles. The fourth-order valence-electron chi connectivity index (χ4n) is 1.84. The minimum absolute atomic E-state index is 0.231. The molecular formula is C15H19ClN4O3. The Morgan fingerprint density at radius 3 is 2.91 bits per heavy atom. The molecule has 2 aromatic rings.